The van der Waals surface area contributed by atoms with E-state index in [4.69, 9.17) is 5.73 Å². The number of pyridine rings is 1. The van der Waals surface area contributed by atoms with Crippen molar-refractivity contribution in [1.29, 1.82) is 0 Å². The predicted molar refractivity (Wildman–Crippen MR) is 63.0 cm³/mol. The molecule has 0 aliphatic rings. The van der Waals surface area contributed by atoms with Crippen LogP contribution in [0.1, 0.15) is 5.69 Å². The summed E-state index contributed by atoms with van der Waals surface area (Å²) in [4.78, 5) is 8.34. The predicted octanol–water partition coefficient (Wildman–Crippen LogP) is 1.77. The van der Waals surface area contributed by atoms with Gasteiger partial charge in [0.05, 0.1) is 11.2 Å². The zero-order valence-corrected chi connectivity index (χ0v) is 9.00. The number of nitrogens with two attached hydrogens (primary N) is 1. The number of thiazole rings is 1. The van der Waals surface area contributed by atoms with E-state index >= 15 is 0 Å². The Morgan fingerprint density at radius 1 is 1.40 bits per heavy atom. The van der Waals surface area contributed by atoms with Crippen LogP contribution in [-0.4, -0.2) is 16.5 Å². The maximum Gasteiger partial charge on any atom is 0.128 e. The van der Waals surface area contributed by atoms with Gasteiger partial charge < -0.3 is 11.1 Å². The van der Waals surface area contributed by atoms with Crippen molar-refractivity contribution >= 4 is 23.0 Å². The van der Waals surface area contributed by atoms with Crippen molar-refractivity contribution < 1.29 is 0 Å². The molecule has 0 radical (unpaired) electrons. The second-order valence-electron chi connectivity index (χ2n) is 3.10. The second kappa shape index (κ2) is 4.75. The zero-order valence-electron chi connectivity index (χ0n) is 8.18. The van der Waals surface area contributed by atoms with Crippen molar-refractivity contribution in [1.82, 2.24) is 9.97 Å². The highest BCUT2D eigenvalue weighted by molar-refractivity contribution is 7.07. The Labute approximate surface area is 92.2 Å². The molecule has 2 rings (SSSR count). The monoisotopic (exact) mass is 220 g/mol. The van der Waals surface area contributed by atoms with Gasteiger partial charge in [-0.25, -0.2) is 9.97 Å². The molecule has 0 saturated heterocycles. The number of aromatic nitrogens is 2. The molecule has 15 heavy (non-hydrogen) atoms. The largest absolute Gasteiger partial charge is 0.384 e. The van der Waals surface area contributed by atoms with Crippen molar-refractivity contribution in [3.63, 3.8) is 0 Å². The molecule has 0 aromatic carbocycles. The third-order valence-corrected chi connectivity index (χ3v) is 2.58. The van der Waals surface area contributed by atoms with E-state index in [1.54, 1.807) is 17.4 Å². The lowest BCUT2D eigenvalue weighted by Crippen LogP contribution is -2.07. The van der Waals surface area contributed by atoms with Crippen LogP contribution in [0.3, 0.4) is 0 Å². The highest BCUT2D eigenvalue weighted by atomic mass is 32.1. The fraction of sp³-hybridized carbons (Fsp3) is 0.200. The van der Waals surface area contributed by atoms with Crippen LogP contribution in [0.15, 0.2) is 29.1 Å². The molecule has 0 aliphatic heterocycles. The molecule has 2 aromatic rings. The molecule has 0 saturated carbocycles. The summed E-state index contributed by atoms with van der Waals surface area (Å²) in [6.07, 6.45) is 0.903. The highest BCUT2D eigenvalue weighted by Gasteiger charge is 1.96. The lowest BCUT2D eigenvalue weighted by molar-refractivity contribution is 0.969. The van der Waals surface area contributed by atoms with Crippen LogP contribution in [0.5, 0.6) is 0 Å². The van der Waals surface area contributed by atoms with E-state index in [0.717, 1.165) is 24.5 Å². The van der Waals surface area contributed by atoms with Crippen LogP contribution in [0.25, 0.3) is 0 Å². The van der Waals surface area contributed by atoms with E-state index < -0.39 is 0 Å². The molecule has 0 aliphatic carbocycles. The maximum atomic E-state index is 5.56. The Morgan fingerprint density at radius 2 is 2.33 bits per heavy atom. The van der Waals surface area contributed by atoms with E-state index in [9.17, 15) is 0 Å². The van der Waals surface area contributed by atoms with Crippen molar-refractivity contribution in [2.45, 2.75) is 6.42 Å². The molecule has 3 N–H and O–H groups in total. The van der Waals surface area contributed by atoms with Gasteiger partial charge in [0.1, 0.15) is 11.6 Å². The lowest BCUT2D eigenvalue weighted by atomic mass is 10.3. The summed E-state index contributed by atoms with van der Waals surface area (Å²) in [5, 5.41) is 5.25. The molecule has 2 aromatic heterocycles. The van der Waals surface area contributed by atoms with Gasteiger partial charge in [-0.15, -0.1) is 11.3 Å². The first kappa shape index (κ1) is 9.92. The topological polar surface area (TPSA) is 63.8 Å². The maximum absolute atomic E-state index is 5.56. The van der Waals surface area contributed by atoms with E-state index in [2.05, 4.69) is 20.7 Å². The fourth-order valence-electron chi connectivity index (χ4n) is 1.23. The molecule has 4 nitrogen and oxygen atoms in total. The van der Waals surface area contributed by atoms with Crippen LogP contribution in [-0.2, 0) is 6.42 Å². The van der Waals surface area contributed by atoms with Crippen molar-refractivity contribution in [2.24, 2.45) is 0 Å². The summed E-state index contributed by atoms with van der Waals surface area (Å²) in [5.41, 5.74) is 8.51. The fourth-order valence-corrected chi connectivity index (χ4v) is 1.82. The molecule has 5 heteroatoms. The Bertz CT molecular complexity index is 413. The Kier molecular flexibility index (Phi) is 3.14. The van der Waals surface area contributed by atoms with Gasteiger partial charge in [-0.2, -0.15) is 0 Å². The smallest absolute Gasteiger partial charge is 0.128 e. The summed E-state index contributed by atoms with van der Waals surface area (Å²) in [6, 6.07) is 5.55. The van der Waals surface area contributed by atoms with E-state index in [1.165, 1.54) is 0 Å². The van der Waals surface area contributed by atoms with Gasteiger partial charge in [-0.3, -0.25) is 0 Å². The average molecular weight is 220 g/mol. The van der Waals surface area contributed by atoms with E-state index in [-0.39, 0.29) is 0 Å². The summed E-state index contributed by atoms with van der Waals surface area (Å²) in [7, 11) is 0. The molecule has 2 heterocycles. The van der Waals surface area contributed by atoms with Gasteiger partial charge in [0.25, 0.3) is 0 Å². The molecule has 0 spiro atoms. The van der Waals surface area contributed by atoms with Gasteiger partial charge in [-0.05, 0) is 12.1 Å². The van der Waals surface area contributed by atoms with Crippen molar-refractivity contribution in [3.05, 3.63) is 34.8 Å². The Balaban J connectivity index is 1.83. The first-order valence-electron chi connectivity index (χ1n) is 4.68. The molecular formula is C10H12N4S. The third kappa shape index (κ3) is 2.92. The van der Waals surface area contributed by atoms with Crippen LogP contribution in [0.4, 0.5) is 11.6 Å². The van der Waals surface area contributed by atoms with Crippen molar-refractivity contribution in [3.8, 4) is 0 Å². The van der Waals surface area contributed by atoms with E-state index in [1.807, 2.05) is 17.6 Å². The van der Waals surface area contributed by atoms with Gasteiger partial charge in [0.2, 0.25) is 0 Å². The number of nitrogens with one attached hydrogen (secondary N) is 1. The first-order valence-corrected chi connectivity index (χ1v) is 5.62. The van der Waals surface area contributed by atoms with Crippen LogP contribution >= 0.6 is 11.3 Å². The molecular weight excluding hydrogens is 208 g/mol. The van der Waals surface area contributed by atoms with Gasteiger partial charge in [-0.1, -0.05) is 6.07 Å². The third-order valence-electron chi connectivity index (χ3n) is 1.94. The van der Waals surface area contributed by atoms with Crippen LogP contribution < -0.4 is 11.1 Å². The number of rotatable bonds is 4. The summed E-state index contributed by atoms with van der Waals surface area (Å²) < 4.78 is 0. The average Bonchev–Trinajstić information content (AvgIpc) is 2.71. The minimum absolute atomic E-state index is 0.536. The minimum Gasteiger partial charge on any atom is -0.384 e. The minimum atomic E-state index is 0.536. The first-order chi connectivity index (χ1) is 7.34. The molecule has 0 fully saturated rings. The van der Waals surface area contributed by atoms with Gasteiger partial charge in [0.15, 0.2) is 0 Å². The summed E-state index contributed by atoms with van der Waals surface area (Å²) >= 11 is 1.61. The van der Waals surface area contributed by atoms with Crippen molar-refractivity contribution in [2.75, 3.05) is 17.6 Å². The van der Waals surface area contributed by atoms with Gasteiger partial charge in [0, 0.05) is 18.3 Å². The second-order valence-corrected chi connectivity index (χ2v) is 3.82. The summed E-state index contributed by atoms with van der Waals surface area (Å²) in [6.45, 7) is 0.820. The molecule has 0 amide bonds. The quantitative estimate of drug-likeness (QED) is 0.824. The normalized spacial score (nSPS) is 10.1. The molecule has 0 bridgehead atoms. The van der Waals surface area contributed by atoms with E-state index in [0.29, 0.717) is 5.82 Å². The standard InChI is InChI=1S/C10H12N4S/c11-9-2-1-3-10(14-9)12-5-4-8-6-15-7-13-8/h1-3,6-7H,4-5H2,(H3,11,12,14). The Hall–Kier alpha value is -1.62. The number of anilines is 2. The number of hydrogen-bond donors (Lipinski definition) is 2. The molecule has 0 atom stereocenters. The SMILES string of the molecule is Nc1cccc(NCCc2cscn2)n1. The molecule has 78 valence electrons. The Morgan fingerprint density at radius 3 is 3.07 bits per heavy atom. The highest BCUT2D eigenvalue weighted by Crippen LogP contribution is 2.06. The van der Waals surface area contributed by atoms with Crippen LogP contribution in [0, 0.1) is 0 Å². The number of hydrogen-bond acceptors (Lipinski definition) is 5. The lowest BCUT2D eigenvalue weighted by Gasteiger charge is -2.04. The molecule has 0 unspecified atom stereocenters. The number of nitrogen functional groups attached to an aromatic ring is 1. The summed E-state index contributed by atoms with van der Waals surface area (Å²) in [5.74, 6) is 1.35. The number of nitrogens with zero attached hydrogens (tertiary/aromatic N) is 2. The van der Waals surface area contributed by atoms with Gasteiger partial charge >= 0.3 is 0 Å². The zero-order chi connectivity index (χ0) is 10.5. The van der Waals surface area contributed by atoms with Crippen LogP contribution in [0.2, 0.25) is 0 Å².